The highest BCUT2D eigenvalue weighted by Crippen LogP contribution is 2.42. The molecule has 1 aliphatic rings. The first kappa shape index (κ1) is 21.6. The minimum Gasteiger partial charge on any atom is -0.368 e. The maximum atomic E-state index is 14.7. The van der Waals surface area contributed by atoms with E-state index in [0.29, 0.717) is 34.5 Å². The van der Waals surface area contributed by atoms with Crippen molar-refractivity contribution in [1.82, 2.24) is 20.3 Å². The maximum absolute atomic E-state index is 14.7. The van der Waals surface area contributed by atoms with E-state index in [4.69, 9.17) is 5.73 Å². The van der Waals surface area contributed by atoms with Gasteiger partial charge in [0.25, 0.3) is 5.91 Å². The van der Waals surface area contributed by atoms with Crippen molar-refractivity contribution < 1.29 is 13.6 Å². The number of hydrogen-bond acceptors (Lipinski definition) is 5. The number of carbonyl (C=O) groups excluding carboxylic acids is 1. The van der Waals surface area contributed by atoms with Crippen molar-refractivity contribution in [2.24, 2.45) is 0 Å². The summed E-state index contributed by atoms with van der Waals surface area (Å²) in [6, 6.07) is 16.4. The molecule has 1 amide bonds. The van der Waals surface area contributed by atoms with E-state index in [1.807, 2.05) is 30.3 Å². The van der Waals surface area contributed by atoms with Crippen molar-refractivity contribution in [1.29, 1.82) is 0 Å². The first-order valence-corrected chi connectivity index (χ1v) is 10.8. The van der Waals surface area contributed by atoms with Crippen LogP contribution < -0.4 is 11.1 Å². The number of aromatic nitrogens is 3. The second kappa shape index (κ2) is 8.62. The third kappa shape index (κ3) is 3.87. The third-order valence-corrected chi connectivity index (χ3v) is 6.10. The van der Waals surface area contributed by atoms with E-state index >= 15 is 0 Å². The summed E-state index contributed by atoms with van der Waals surface area (Å²) in [5.74, 6) is -1.89. The molecular weight excluding hydrogens is 436 g/mol. The highest BCUT2D eigenvalue weighted by molar-refractivity contribution is 5.98. The number of aryl methyl sites for hydroxylation is 1. The fourth-order valence-electron chi connectivity index (χ4n) is 4.64. The summed E-state index contributed by atoms with van der Waals surface area (Å²) in [5, 5.41) is 3.04. The van der Waals surface area contributed by atoms with E-state index in [1.54, 1.807) is 19.1 Å². The number of nitrogens with zero attached hydrogens (tertiary/aromatic N) is 3. The van der Waals surface area contributed by atoms with Gasteiger partial charge in [-0.25, -0.2) is 19.3 Å². The number of carbonyl (C=O) groups is 1. The van der Waals surface area contributed by atoms with Gasteiger partial charge in [0.1, 0.15) is 5.82 Å². The molecule has 0 fully saturated rings. The van der Waals surface area contributed by atoms with E-state index in [9.17, 15) is 13.6 Å². The van der Waals surface area contributed by atoms with E-state index in [2.05, 4.69) is 20.3 Å². The highest BCUT2D eigenvalue weighted by Gasteiger charge is 2.39. The smallest absolute Gasteiger partial charge is 0.255 e. The van der Waals surface area contributed by atoms with Crippen LogP contribution in [0.2, 0.25) is 0 Å². The Bertz CT molecular complexity index is 1390. The van der Waals surface area contributed by atoms with Gasteiger partial charge in [-0.1, -0.05) is 36.4 Å². The zero-order valence-electron chi connectivity index (χ0n) is 18.3. The summed E-state index contributed by atoms with van der Waals surface area (Å²) >= 11 is 0. The number of rotatable bonds is 4. The molecular formula is C26H21F2N5O. The first-order valence-electron chi connectivity index (χ1n) is 10.8. The van der Waals surface area contributed by atoms with Crippen LogP contribution in [0.5, 0.6) is 0 Å². The summed E-state index contributed by atoms with van der Waals surface area (Å²) in [6.07, 6.45) is 1.85. The highest BCUT2D eigenvalue weighted by atomic mass is 19.1. The predicted octanol–water partition coefficient (Wildman–Crippen LogP) is 4.52. The summed E-state index contributed by atoms with van der Waals surface area (Å²) in [6.45, 7) is 1.71. The van der Waals surface area contributed by atoms with Gasteiger partial charge in [-0.2, -0.15) is 4.39 Å². The molecule has 0 spiro atoms. The Morgan fingerprint density at radius 3 is 2.56 bits per heavy atom. The average Bonchev–Trinajstić information content (AvgIpc) is 2.81. The first-order chi connectivity index (χ1) is 16.4. The Hall–Kier alpha value is -4.20. The number of halogens is 2. The lowest BCUT2D eigenvalue weighted by molar-refractivity contribution is 0.0911. The van der Waals surface area contributed by atoms with Crippen molar-refractivity contribution in [2.45, 2.75) is 25.3 Å². The van der Waals surface area contributed by atoms with E-state index in [1.165, 1.54) is 24.4 Å². The Balaban J connectivity index is 1.72. The molecule has 0 saturated carbocycles. The van der Waals surface area contributed by atoms with Crippen LogP contribution in [0.3, 0.4) is 0 Å². The van der Waals surface area contributed by atoms with Gasteiger partial charge >= 0.3 is 0 Å². The van der Waals surface area contributed by atoms with E-state index < -0.39 is 17.8 Å². The Kier molecular flexibility index (Phi) is 5.49. The number of nitrogens with two attached hydrogens (primary N) is 1. The van der Waals surface area contributed by atoms with Crippen LogP contribution in [0.25, 0.3) is 11.1 Å². The lowest BCUT2D eigenvalue weighted by Crippen LogP contribution is -2.41. The summed E-state index contributed by atoms with van der Waals surface area (Å²) < 4.78 is 29.0. The molecule has 2 atom stereocenters. The van der Waals surface area contributed by atoms with E-state index in [0.717, 1.165) is 5.56 Å². The van der Waals surface area contributed by atoms with Gasteiger partial charge in [0.15, 0.2) is 0 Å². The Morgan fingerprint density at radius 2 is 1.79 bits per heavy atom. The van der Waals surface area contributed by atoms with Crippen LogP contribution in [0.15, 0.2) is 66.9 Å². The number of pyridine rings is 1. The number of nitrogens with one attached hydrogen (secondary N) is 1. The number of nitrogen functional groups attached to an aromatic ring is 1. The van der Waals surface area contributed by atoms with Crippen LogP contribution in [0, 0.1) is 18.7 Å². The van der Waals surface area contributed by atoms with Crippen molar-refractivity contribution >= 4 is 11.9 Å². The van der Waals surface area contributed by atoms with Gasteiger partial charge in [0, 0.05) is 17.7 Å². The topological polar surface area (TPSA) is 93.8 Å². The van der Waals surface area contributed by atoms with Gasteiger partial charge < -0.3 is 11.1 Å². The fourth-order valence-corrected chi connectivity index (χ4v) is 4.64. The SMILES string of the molecule is Cc1nc(N)nc2c1C(=O)N[C@H](c1ccc(F)cc1-c1cccnc1F)C2Cc1ccccc1. The summed E-state index contributed by atoms with van der Waals surface area (Å²) in [4.78, 5) is 25.5. The molecule has 0 saturated heterocycles. The van der Waals surface area contributed by atoms with E-state index in [-0.39, 0.29) is 23.3 Å². The Labute approximate surface area is 194 Å². The average molecular weight is 457 g/mol. The zero-order valence-corrected chi connectivity index (χ0v) is 18.3. The van der Waals surface area contributed by atoms with Crippen LogP contribution in [0.4, 0.5) is 14.7 Å². The molecule has 0 bridgehead atoms. The molecule has 170 valence electrons. The fraction of sp³-hybridized carbons (Fsp3) is 0.154. The van der Waals surface area contributed by atoms with Crippen LogP contribution >= 0.6 is 0 Å². The Morgan fingerprint density at radius 1 is 1.00 bits per heavy atom. The maximum Gasteiger partial charge on any atom is 0.255 e. The minimum atomic E-state index is -0.723. The van der Waals surface area contributed by atoms with Gasteiger partial charge in [0.05, 0.1) is 23.0 Å². The van der Waals surface area contributed by atoms with Crippen LogP contribution in [-0.4, -0.2) is 20.9 Å². The molecule has 0 radical (unpaired) electrons. The molecule has 3 N–H and O–H groups in total. The quantitative estimate of drug-likeness (QED) is 0.440. The summed E-state index contributed by atoms with van der Waals surface area (Å²) in [7, 11) is 0. The molecule has 1 unspecified atom stereocenters. The van der Waals surface area contributed by atoms with Crippen molar-refractivity contribution in [2.75, 3.05) is 5.73 Å². The molecule has 34 heavy (non-hydrogen) atoms. The normalized spacial score (nSPS) is 17.2. The standard InChI is InChI=1S/C26H21F2N5O/c1-14-21-23(33-26(29)31-14)20(12-15-6-3-2-4-7-15)22(32-25(21)34)17-10-9-16(27)13-19(17)18-8-5-11-30-24(18)28/h2-11,13,20,22H,12H2,1H3,(H,32,34)(H2,29,31,33)/t20?,22-/m1/s1. The number of benzene rings is 2. The number of fused-ring (bicyclic) bond motifs is 1. The second-order valence-corrected chi connectivity index (χ2v) is 8.25. The third-order valence-electron chi connectivity index (χ3n) is 6.10. The lowest BCUT2D eigenvalue weighted by atomic mass is 9.78. The molecule has 1 aliphatic heterocycles. The predicted molar refractivity (Wildman–Crippen MR) is 124 cm³/mol. The lowest BCUT2D eigenvalue weighted by Gasteiger charge is -2.35. The van der Waals surface area contributed by atoms with Crippen LogP contribution in [-0.2, 0) is 6.42 Å². The van der Waals surface area contributed by atoms with Gasteiger partial charge in [-0.15, -0.1) is 0 Å². The van der Waals surface area contributed by atoms with Gasteiger partial charge in [-0.3, -0.25) is 4.79 Å². The molecule has 4 aromatic rings. The van der Waals surface area contributed by atoms with Crippen molar-refractivity contribution in [3.8, 4) is 11.1 Å². The van der Waals surface area contributed by atoms with Crippen molar-refractivity contribution in [3.05, 3.63) is 107 Å². The van der Waals surface area contributed by atoms with Crippen LogP contribution in [0.1, 0.15) is 44.8 Å². The summed E-state index contributed by atoms with van der Waals surface area (Å²) in [5.41, 5.74) is 9.38. The zero-order chi connectivity index (χ0) is 23.8. The molecule has 0 aliphatic carbocycles. The number of anilines is 1. The number of amides is 1. The molecule has 6 nitrogen and oxygen atoms in total. The molecule has 2 aromatic carbocycles. The van der Waals surface area contributed by atoms with Gasteiger partial charge in [0.2, 0.25) is 11.9 Å². The molecule has 2 aromatic heterocycles. The molecule has 8 heteroatoms. The molecule has 3 heterocycles. The molecule has 5 rings (SSSR count). The second-order valence-electron chi connectivity index (χ2n) is 8.25. The minimum absolute atomic E-state index is 0.0698. The monoisotopic (exact) mass is 457 g/mol. The largest absolute Gasteiger partial charge is 0.368 e. The van der Waals surface area contributed by atoms with Gasteiger partial charge in [-0.05, 0) is 54.3 Å². The van der Waals surface area contributed by atoms with Crippen molar-refractivity contribution in [3.63, 3.8) is 0 Å². The number of hydrogen-bond donors (Lipinski definition) is 2.